The normalized spacial score (nSPS) is 17.7. The highest BCUT2D eigenvalue weighted by atomic mass is 19.4. The van der Waals surface area contributed by atoms with E-state index < -0.39 is 115 Å². The van der Waals surface area contributed by atoms with Gasteiger partial charge in [0.2, 0.25) is 5.91 Å². The van der Waals surface area contributed by atoms with Crippen LogP contribution in [0.25, 0.3) is 11.3 Å². The molecule has 0 bridgehead atoms. The molecule has 0 radical (unpaired) electrons. The number of nitrogens with zero attached hydrogens (tertiary/aromatic N) is 6. The Morgan fingerprint density at radius 2 is 1.36 bits per heavy atom. The summed E-state index contributed by atoms with van der Waals surface area (Å²) in [5.41, 5.74) is -4.65. The molecule has 2 fully saturated rings. The van der Waals surface area contributed by atoms with Gasteiger partial charge in [0, 0.05) is 73.9 Å². The van der Waals surface area contributed by atoms with Gasteiger partial charge in [-0.25, -0.2) is 33.0 Å². The van der Waals surface area contributed by atoms with Gasteiger partial charge in [0.1, 0.15) is 29.5 Å². The van der Waals surface area contributed by atoms with E-state index in [0.717, 1.165) is 51.4 Å². The standard InChI is InChI=1S/C50H56F10N10O7/c1-47(2,49(55,56)57)40(64-46(76)77-6)42(72)62-37(17-28-10-7-27(8-11-28)9-12-29-13-14-39(61-20-29)68-23-31-21-67(5)22-32(31)24-68)38(71)26-69(66-43(73)41(63-45(74)75)48(3,4)50(58,59)60)25-33-34(51)18-30(19-35(33)52)36-15-16-70(65-36)44(53)54/h7-8,10-11,13-16,18-20,31-32,37-38,40-41,44,63,71H,17,21-26H2,1-6H3,(H,62,72)(H,64,76)(H,66,73)(H,74,75)/t31-,32+,37?,38?,40?,41?. The molecule has 4 aromatic rings. The second-order valence-corrected chi connectivity index (χ2v) is 20.0. The number of hydrogen-bond acceptors (Lipinski definition) is 11. The Morgan fingerprint density at radius 1 is 0.805 bits per heavy atom. The van der Waals surface area contributed by atoms with Crippen molar-refractivity contribution in [2.45, 2.75) is 83.8 Å². The van der Waals surface area contributed by atoms with Gasteiger partial charge in [0.05, 0.1) is 35.8 Å². The maximum atomic E-state index is 16.0. The lowest BCUT2D eigenvalue weighted by atomic mass is 9.82. The Labute approximate surface area is 435 Å². The van der Waals surface area contributed by atoms with Crippen molar-refractivity contribution < 1.29 is 78.0 Å². The second-order valence-electron chi connectivity index (χ2n) is 20.0. The fourth-order valence-corrected chi connectivity index (χ4v) is 8.93. The van der Waals surface area contributed by atoms with E-state index in [4.69, 9.17) is 0 Å². The van der Waals surface area contributed by atoms with Crippen LogP contribution >= 0.6 is 0 Å². The third-order valence-corrected chi connectivity index (χ3v) is 13.7. The first kappa shape index (κ1) is 59.1. The highest BCUT2D eigenvalue weighted by Crippen LogP contribution is 2.42. The van der Waals surface area contributed by atoms with Gasteiger partial charge in [-0.3, -0.25) is 15.0 Å². The molecule has 4 heterocycles. The molecule has 27 heteroatoms. The maximum Gasteiger partial charge on any atom is 0.407 e. The number of amides is 4. The zero-order valence-corrected chi connectivity index (χ0v) is 42.2. The first-order valence-corrected chi connectivity index (χ1v) is 23.7. The fourth-order valence-electron chi connectivity index (χ4n) is 8.93. The minimum Gasteiger partial charge on any atom is -0.465 e. The van der Waals surface area contributed by atoms with Crippen LogP contribution in [0.4, 0.5) is 59.3 Å². The van der Waals surface area contributed by atoms with E-state index in [2.05, 4.69) is 48.8 Å². The number of hydrazine groups is 1. The van der Waals surface area contributed by atoms with Gasteiger partial charge in [0.15, 0.2) is 0 Å². The number of benzene rings is 2. The quantitative estimate of drug-likeness (QED) is 0.0360. The van der Waals surface area contributed by atoms with Gasteiger partial charge < -0.3 is 40.7 Å². The topological polar surface area (TPSA) is 207 Å². The Bertz CT molecular complexity index is 2780. The van der Waals surface area contributed by atoms with Crippen LogP contribution in [0.1, 0.15) is 56.5 Å². The van der Waals surface area contributed by atoms with Gasteiger partial charge in [-0.2, -0.15) is 40.2 Å². The summed E-state index contributed by atoms with van der Waals surface area (Å²) in [6.45, 7) is 0.464. The zero-order chi connectivity index (χ0) is 56.9. The number of anilines is 1. The van der Waals surface area contributed by atoms with E-state index in [1.54, 1.807) is 6.20 Å². The number of aliphatic hydroxyl groups excluding tert-OH is 1. The molecule has 4 unspecified atom stereocenters. The highest BCUT2D eigenvalue weighted by Gasteiger charge is 2.57. The van der Waals surface area contributed by atoms with Gasteiger partial charge in [-0.05, 0) is 101 Å². The minimum atomic E-state index is -5.28. The molecule has 2 saturated heterocycles. The average Bonchev–Trinajstić information content (AvgIpc) is 4.09. The first-order valence-electron chi connectivity index (χ1n) is 23.7. The largest absolute Gasteiger partial charge is 0.465 e. The van der Waals surface area contributed by atoms with Crippen LogP contribution < -0.4 is 26.3 Å². The molecule has 2 aliphatic heterocycles. The summed E-state index contributed by atoms with van der Waals surface area (Å²) in [7, 11) is 2.91. The van der Waals surface area contributed by atoms with E-state index in [0.29, 0.717) is 67.8 Å². The molecule has 4 amide bonds. The smallest absolute Gasteiger partial charge is 0.407 e. The van der Waals surface area contributed by atoms with Crippen LogP contribution in [0.5, 0.6) is 0 Å². The lowest BCUT2D eigenvalue weighted by molar-refractivity contribution is -0.221. The van der Waals surface area contributed by atoms with Crippen LogP contribution in [-0.2, 0) is 27.3 Å². The summed E-state index contributed by atoms with van der Waals surface area (Å²) < 4.78 is 150. The molecule has 0 aliphatic carbocycles. The molecule has 6 N–H and O–H groups in total. The second kappa shape index (κ2) is 23.6. The van der Waals surface area contributed by atoms with Gasteiger partial charge >= 0.3 is 31.1 Å². The van der Waals surface area contributed by atoms with Crippen molar-refractivity contribution in [1.29, 1.82) is 0 Å². The Balaban J connectivity index is 1.33. The fraction of sp³-hybridized carbons (Fsp3) is 0.480. The van der Waals surface area contributed by atoms with Crippen LogP contribution in [0.3, 0.4) is 0 Å². The number of alkyl halides is 8. The number of hydrogen-bond donors (Lipinski definition) is 6. The van der Waals surface area contributed by atoms with Gasteiger partial charge in [0.25, 0.3) is 5.91 Å². The Hall–Kier alpha value is -7.18. The lowest BCUT2D eigenvalue weighted by Gasteiger charge is -2.38. The minimum absolute atomic E-state index is 0.187. The molecule has 77 heavy (non-hydrogen) atoms. The Kier molecular flexibility index (Phi) is 18.1. The Morgan fingerprint density at radius 3 is 1.87 bits per heavy atom. The van der Waals surface area contributed by atoms with Crippen molar-refractivity contribution >= 4 is 29.8 Å². The molecule has 2 aromatic heterocycles. The van der Waals surface area contributed by atoms with Crippen molar-refractivity contribution in [3.05, 3.63) is 101 Å². The van der Waals surface area contributed by atoms with Crippen LogP contribution in [0.15, 0.2) is 67.0 Å². The molecule has 6 atom stereocenters. The molecular weight excluding hydrogens is 1040 g/mol. The van der Waals surface area contributed by atoms with Gasteiger partial charge in [-0.15, -0.1) is 0 Å². The third-order valence-electron chi connectivity index (χ3n) is 13.7. The summed E-state index contributed by atoms with van der Waals surface area (Å²) in [6, 6.07) is 5.05. The van der Waals surface area contributed by atoms with E-state index in [1.807, 2.05) is 22.9 Å². The average molecular weight is 1100 g/mol. The summed E-state index contributed by atoms with van der Waals surface area (Å²) in [5, 5.41) is 31.0. The van der Waals surface area contributed by atoms with Crippen molar-refractivity contribution in [3.63, 3.8) is 0 Å². The number of alkyl carbamates (subject to hydrolysis) is 1. The molecule has 0 saturated carbocycles. The van der Waals surface area contributed by atoms with Gasteiger partial charge in [-0.1, -0.05) is 24.0 Å². The molecule has 17 nitrogen and oxygen atoms in total. The van der Waals surface area contributed by atoms with Crippen molar-refractivity contribution in [3.8, 4) is 23.1 Å². The summed E-state index contributed by atoms with van der Waals surface area (Å²) >= 11 is 0. The highest BCUT2D eigenvalue weighted by molar-refractivity contribution is 5.87. The maximum absolute atomic E-state index is 16.0. The number of halogens is 10. The van der Waals surface area contributed by atoms with Crippen LogP contribution in [0, 0.1) is 46.1 Å². The lowest BCUT2D eigenvalue weighted by Crippen LogP contribution is -2.63. The number of methoxy groups -OCH3 is 1. The number of rotatable bonds is 18. The third kappa shape index (κ3) is 14.3. The molecule has 6 rings (SSSR count). The summed E-state index contributed by atoms with van der Waals surface area (Å²) in [5.74, 6) is 1.71. The number of carbonyl (C=O) groups is 4. The predicted molar refractivity (Wildman–Crippen MR) is 256 cm³/mol. The van der Waals surface area contributed by atoms with E-state index >= 15 is 8.78 Å². The summed E-state index contributed by atoms with van der Waals surface area (Å²) in [4.78, 5) is 61.1. The number of pyridine rings is 1. The van der Waals surface area contributed by atoms with E-state index in [-0.39, 0.29) is 21.5 Å². The number of nitrogens with one attached hydrogen (secondary N) is 4. The number of aromatic nitrogens is 3. The number of carboxylic acid groups (broad SMARTS) is 1. The summed E-state index contributed by atoms with van der Waals surface area (Å²) in [6.07, 6.45) is -14.3. The van der Waals surface area contributed by atoms with Crippen molar-refractivity contribution in [2.24, 2.45) is 22.7 Å². The van der Waals surface area contributed by atoms with Crippen molar-refractivity contribution in [1.82, 2.24) is 46.0 Å². The zero-order valence-electron chi connectivity index (χ0n) is 42.2. The SMILES string of the molecule is COC(=O)NC(C(=O)NC(Cc1ccc(C#Cc2ccc(N3C[C@H]4CN(C)C[C@H]4C3)nc2)cc1)C(O)CN(Cc1c(F)cc(-c2ccn(C(F)F)n2)cc1F)NC(=O)C(NC(=O)O)C(C)(C)C(F)(F)F)C(C)(C)C(F)(F)F. The monoisotopic (exact) mass is 1100 g/mol. The predicted octanol–water partition coefficient (Wildman–Crippen LogP) is 6.48. The number of carbonyl (C=O) groups excluding carboxylic acids is 3. The number of likely N-dealkylation sites (tertiary alicyclic amines) is 1. The van der Waals surface area contributed by atoms with Crippen molar-refractivity contribution in [2.75, 3.05) is 51.8 Å². The van der Waals surface area contributed by atoms with E-state index in [9.17, 15) is 64.5 Å². The number of fused-ring (bicyclic) bond motifs is 1. The molecular formula is C50H56F10N10O7. The molecule has 2 aliphatic rings. The molecule has 0 spiro atoms. The van der Waals surface area contributed by atoms with Crippen LogP contribution in [0.2, 0.25) is 0 Å². The number of ether oxygens (including phenoxy) is 1. The van der Waals surface area contributed by atoms with E-state index in [1.165, 1.54) is 29.6 Å². The first-order chi connectivity index (χ1) is 35.9. The molecule has 2 aromatic carbocycles. The van der Waals surface area contributed by atoms with Crippen LogP contribution in [-0.4, -0.2) is 142 Å². The number of aliphatic hydroxyl groups is 1. The molecule has 418 valence electrons.